The molecule has 1 aliphatic rings. The van der Waals surface area contributed by atoms with Gasteiger partial charge in [-0.15, -0.1) is 0 Å². The first-order valence-corrected chi connectivity index (χ1v) is 7.06. The number of nitrogens with zero attached hydrogens (tertiary/aromatic N) is 1. The summed E-state index contributed by atoms with van der Waals surface area (Å²) in [5, 5.41) is 19.8. The Labute approximate surface area is 120 Å². The number of rotatable bonds is 4. The normalized spacial score (nSPS) is 22.4. The molecule has 2 rings (SSSR count). The minimum absolute atomic E-state index is 0.128. The zero-order valence-electron chi connectivity index (χ0n) is 12.3. The van der Waals surface area contributed by atoms with Crippen LogP contribution in [-0.4, -0.2) is 39.8 Å². The molecule has 20 heavy (non-hydrogen) atoms. The second kappa shape index (κ2) is 5.54. The Morgan fingerprint density at radius 3 is 2.70 bits per heavy atom. The summed E-state index contributed by atoms with van der Waals surface area (Å²) in [5.41, 5.74) is 1.14. The van der Waals surface area contributed by atoms with E-state index in [0.29, 0.717) is 19.6 Å². The Hall–Kier alpha value is -1.39. The molecule has 0 radical (unpaired) electrons. The van der Waals surface area contributed by atoms with Crippen LogP contribution >= 0.6 is 0 Å². The maximum absolute atomic E-state index is 11.5. The van der Waals surface area contributed by atoms with Gasteiger partial charge in [0.1, 0.15) is 0 Å². The van der Waals surface area contributed by atoms with Gasteiger partial charge in [-0.05, 0) is 24.0 Å². The SMILES string of the molecule is CC(C)C(C)(O)CN1Cc2ccccc2C(C(=O)O)C1. The lowest BCUT2D eigenvalue weighted by Crippen LogP contribution is -2.47. The fourth-order valence-corrected chi connectivity index (χ4v) is 2.65. The number of benzene rings is 1. The van der Waals surface area contributed by atoms with Crippen molar-refractivity contribution >= 4 is 5.97 Å². The Bertz CT molecular complexity index is 496. The molecule has 4 heteroatoms. The van der Waals surface area contributed by atoms with Gasteiger partial charge in [0, 0.05) is 19.6 Å². The van der Waals surface area contributed by atoms with Crippen molar-refractivity contribution in [3.8, 4) is 0 Å². The monoisotopic (exact) mass is 277 g/mol. The van der Waals surface area contributed by atoms with E-state index in [1.54, 1.807) is 0 Å². The zero-order chi connectivity index (χ0) is 14.9. The van der Waals surface area contributed by atoms with Crippen molar-refractivity contribution in [2.75, 3.05) is 13.1 Å². The summed E-state index contributed by atoms with van der Waals surface area (Å²) in [6, 6.07) is 7.68. The molecular formula is C16H23NO3. The predicted octanol–water partition coefficient (Wildman–Crippen LogP) is 2.08. The maximum Gasteiger partial charge on any atom is 0.312 e. The van der Waals surface area contributed by atoms with E-state index < -0.39 is 17.5 Å². The van der Waals surface area contributed by atoms with Gasteiger partial charge < -0.3 is 10.2 Å². The topological polar surface area (TPSA) is 60.8 Å². The molecule has 2 N–H and O–H groups in total. The van der Waals surface area contributed by atoms with Gasteiger partial charge in [-0.25, -0.2) is 0 Å². The van der Waals surface area contributed by atoms with Gasteiger partial charge in [0.15, 0.2) is 0 Å². The highest BCUT2D eigenvalue weighted by molar-refractivity contribution is 5.77. The highest BCUT2D eigenvalue weighted by atomic mass is 16.4. The first-order chi connectivity index (χ1) is 9.31. The van der Waals surface area contributed by atoms with E-state index in [1.165, 1.54) is 0 Å². The molecule has 0 saturated heterocycles. The Morgan fingerprint density at radius 1 is 1.45 bits per heavy atom. The molecular weight excluding hydrogens is 254 g/mol. The summed E-state index contributed by atoms with van der Waals surface area (Å²) in [7, 11) is 0. The van der Waals surface area contributed by atoms with Crippen LogP contribution in [0.4, 0.5) is 0 Å². The van der Waals surface area contributed by atoms with Gasteiger partial charge in [-0.1, -0.05) is 38.1 Å². The van der Waals surface area contributed by atoms with Gasteiger partial charge in [-0.2, -0.15) is 0 Å². The molecule has 1 aromatic rings. The fourth-order valence-electron chi connectivity index (χ4n) is 2.65. The summed E-state index contributed by atoms with van der Waals surface area (Å²) in [5.74, 6) is -1.18. The fraction of sp³-hybridized carbons (Fsp3) is 0.562. The number of fused-ring (bicyclic) bond motifs is 1. The lowest BCUT2D eigenvalue weighted by Gasteiger charge is -2.38. The third kappa shape index (κ3) is 3.02. The van der Waals surface area contributed by atoms with Crippen molar-refractivity contribution in [3.05, 3.63) is 35.4 Å². The van der Waals surface area contributed by atoms with Crippen molar-refractivity contribution in [2.45, 2.75) is 38.8 Å². The van der Waals surface area contributed by atoms with E-state index in [-0.39, 0.29) is 5.92 Å². The van der Waals surface area contributed by atoms with E-state index in [4.69, 9.17) is 0 Å². The first-order valence-electron chi connectivity index (χ1n) is 7.06. The van der Waals surface area contributed by atoms with Crippen molar-refractivity contribution in [3.63, 3.8) is 0 Å². The van der Waals surface area contributed by atoms with Crippen LogP contribution in [-0.2, 0) is 11.3 Å². The summed E-state index contributed by atoms with van der Waals surface area (Å²) >= 11 is 0. The van der Waals surface area contributed by atoms with Crippen LogP contribution in [0.5, 0.6) is 0 Å². The van der Waals surface area contributed by atoms with Crippen molar-refractivity contribution in [2.24, 2.45) is 5.92 Å². The number of β-amino-alcohol motifs (C(OH)–C–C–N with tert-alkyl or cyclic N) is 1. The summed E-state index contributed by atoms with van der Waals surface area (Å²) in [4.78, 5) is 13.5. The molecule has 0 aliphatic carbocycles. The molecule has 0 amide bonds. The average molecular weight is 277 g/mol. The van der Waals surface area contributed by atoms with E-state index in [2.05, 4.69) is 0 Å². The average Bonchev–Trinajstić information content (AvgIpc) is 2.37. The van der Waals surface area contributed by atoms with Crippen LogP contribution in [0.25, 0.3) is 0 Å². The Morgan fingerprint density at radius 2 is 2.10 bits per heavy atom. The van der Waals surface area contributed by atoms with E-state index in [1.807, 2.05) is 49.9 Å². The second-order valence-electron chi connectivity index (χ2n) is 6.27. The minimum Gasteiger partial charge on any atom is -0.481 e. The van der Waals surface area contributed by atoms with Gasteiger partial charge in [-0.3, -0.25) is 9.69 Å². The van der Waals surface area contributed by atoms with Crippen LogP contribution in [0, 0.1) is 5.92 Å². The molecule has 1 aromatic carbocycles. The van der Waals surface area contributed by atoms with Crippen LogP contribution in [0.2, 0.25) is 0 Å². The molecule has 0 fully saturated rings. The quantitative estimate of drug-likeness (QED) is 0.884. The highest BCUT2D eigenvalue weighted by Crippen LogP contribution is 2.30. The Balaban J connectivity index is 2.23. The highest BCUT2D eigenvalue weighted by Gasteiger charge is 2.34. The van der Waals surface area contributed by atoms with Gasteiger partial charge >= 0.3 is 5.97 Å². The molecule has 0 saturated carbocycles. The standard InChI is InChI=1S/C16H23NO3/c1-11(2)16(3,20)10-17-8-12-6-4-5-7-13(12)14(9-17)15(18)19/h4-7,11,14,20H,8-10H2,1-3H3,(H,18,19). The summed E-state index contributed by atoms with van der Waals surface area (Å²) < 4.78 is 0. The van der Waals surface area contributed by atoms with Crippen molar-refractivity contribution in [1.29, 1.82) is 0 Å². The van der Waals surface area contributed by atoms with E-state index in [9.17, 15) is 15.0 Å². The van der Waals surface area contributed by atoms with Crippen LogP contribution in [0.3, 0.4) is 0 Å². The molecule has 0 bridgehead atoms. The Kier molecular flexibility index (Phi) is 4.16. The second-order valence-corrected chi connectivity index (χ2v) is 6.27. The van der Waals surface area contributed by atoms with Crippen LogP contribution in [0.1, 0.15) is 37.8 Å². The smallest absolute Gasteiger partial charge is 0.312 e. The lowest BCUT2D eigenvalue weighted by molar-refractivity contribution is -0.140. The molecule has 2 atom stereocenters. The summed E-state index contributed by atoms with van der Waals surface area (Å²) in [6.45, 7) is 7.41. The van der Waals surface area contributed by atoms with Crippen LogP contribution in [0.15, 0.2) is 24.3 Å². The number of hydrogen-bond donors (Lipinski definition) is 2. The van der Waals surface area contributed by atoms with Gasteiger partial charge in [0.25, 0.3) is 0 Å². The number of carbonyl (C=O) groups is 1. The largest absolute Gasteiger partial charge is 0.481 e. The maximum atomic E-state index is 11.5. The van der Waals surface area contributed by atoms with Crippen molar-refractivity contribution < 1.29 is 15.0 Å². The molecule has 0 spiro atoms. The van der Waals surface area contributed by atoms with E-state index in [0.717, 1.165) is 11.1 Å². The summed E-state index contributed by atoms with van der Waals surface area (Å²) in [6.07, 6.45) is 0. The van der Waals surface area contributed by atoms with Crippen LogP contribution < -0.4 is 0 Å². The zero-order valence-corrected chi connectivity index (χ0v) is 12.3. The molecule has 1 heterocycles. The van der Waals surface area contributed by atoms with Crippen molar-refractivity contribution in [1.82, 2.24) is 4.90 Å². The molecule has 4 nitrogen and oxygen atoms in total. The van der Waals surface area contributed by atoms with E-state index >= 15 is 0 Å². The third-order valence-corrected chi connectivity index (χ3v) is 4.35. The first kappa shape index (κ1) is 15.0. The number of aliphatic hydroxyl groups is 1. The lowest BCUT2D eigenvalue weighted by atomic mass is 9.87. The minimum atomic E-state index is -0.810. The molecule has 0 aromatic heterocycles. The number of carboxylic acid groups (broad SMARTS) is 1. The molecule has 1 aliphatic heterocycles. The molecule has 110 valence electrons. The predicted molar refractivity (Wildman–Crippen MR) is 77.6 cm³/mol. The third-order valence-electron chi connectivity index (χ3n) is 4.35. The van der Waals surface area contributed by atoms with Gasteiger partial charge in [0.05, 0.1) is 11.5 Å². The number of aliphatic carboxylic acids is 1. The number of carboxylic acids is 1. The van der Waals surface area contributed by atoms with Gasteiger partial charge in [0.2, 0.25) is 0 Å². The molecule has 2 unspecified atom stereocenters. The number of hydrogen-bond acceptors (Lipinski definition) is 3.